The first-order chi connectivity index (χ1) is 20.3. The molecule has 43 heavy (non-hydrogen) atoms. The summed E-state index contributed by atoms with van der Waals surface area (Å²) < 4.78 is 53.2. The molecule has 0 radical (unpaired) electrons. The second-order valence-electron chi connectivity index (χ2n) is 10.5. The molecular formula is C31H27ClF3N3O4S. The summed E-state index contributed by atoms with van der Waals surface area (Å²) in [6, 6.07) is 9.94. The van der Waals surface area contributed by atoms with E-state index in [2.05, 4.69) is 9.97 Å². The molecule has 2 aromatic carbocycles. The van der Waals surface area contributed by atoms with E-state index in [0.717, 1.165) is 28.5 Å². The number of rotatable bonds is 8. The third-order valence-electron chi connectivity index (χ3n) is 6.70. The average Bonchev–Trinajstić information content (AvgIpc) is 3.36. The summed E-state index contributed by atoms with van der Waals surface area (Å²) in [6.45, 7) is 7.77. The predicted octanol–water partition coefficient (Wildman–Crippen LogP) is 7.85. The SMILES string of the molecule is Cc1cc(-c2cc(Cl)ccc2OCCn2c(C)nc3cc(C(F)(F)F)ccc3c2=O)c2scc(C(=O)OCC(C)C)c2n1. The Morgan fingerprint density at radius 2 is 1.84 bits per heavy atom. The molecule has 0 saturated heterocycles. The molecule has 3 heterocycles. The Morgan fingerprint density at radius 3 is 2.56 bits per heavy atom. The molecule has 0 unspecified atom stereocenters. The Bertz CT molecular complexity index is 1920. The lowest BCUT2D eigenvalue weighted by atomic mass is 10.0. The molecule has 0 atom stereocenters. The number of hydrogen-bond donors (Lipinski definition) is 0. The van der Waals surface area contributed by atoms with Crippen LogP contribution in [0, 0.1) is 19.8 Å². The largest absolute Gasteiger partial charge is 0.491 e. The number of aromatic nitrogens is 3. The van der Waals surface area contributed by atoms with E-state index in [1.807, 2.05) is 26.8 Å². The standard InChI is InChI=1S/C31H27ClF3N3O4S/c1-16(2)14-42-30(40)24-15-43-28-23(11-17(3)36-27(24)28)22-13-20(32)6-8-26(22)41-10-9-38-18(4)37-25-12-19(31(33,34)35)5-7-21(25)29(38)39/h5-8,11-13,15-16H,9-10,14H2,1-4H3. The monoisotopic (exact) mass is 629 g/mol. The predicted molar refractivity (Wildman–Crippen MR) is 161 cm³/mol. The zero-order valence-corrected chi connectivity index (χ0v) is 25.3. The minimum Gasteiger partial charge on any atom is -0.491 e. The van der Waals surface area contributed by atoms with Crippen molar-refractivity contribution < 1.29 is 27.4 Å². The van der Waals surface area contributed by atoms with E-state index in [9.17, 15) is 22.8 Å². The topological polar surface area (TPSA) is 83.3 Å². The molecule has 5 rings (SSSR count). The fourth-order valence-electron chi connectivity index (χ4n) is 4.66. The molecule has 0 fully saturated rings. The van der Waals surface area contributed by atoms with Gasteiger partial charge in [0.25, 0.3) is 5.56 Å². The number of ether oxygens (including phenoxy) is 2. The van der Waals surface area contributed by atoms with Gasteiger partial charge in [0.1, 0.15) is 18.2 Å². The summed E-state index contributed by atoms with van der Waals surface area (Å²) in [6.07, 6.45) is -4.54. The first kappa shape index (κ1) is 30.5. The number of benzene rings is 2. The van der Waals surface area contributed by atoms with Crippen LogP contribution >= 0.6 is 22.9 Å². The number of thiophene rings is 1. The zero-order chi connectivity index (χ0) is 31.1. The summed E-state index contributed by atoms with van der Waals surface area (Å²) in [7, 11) is 0. The van der Waals surface area contributed by atoms with Crippen LogP contribution in [-0.4, -0.2) is 33.7 Å². The van der Waals surface area contributed by atoms with Gasteiger partial charge in [-0.05, 0) is 62.2 Å². The number of carbonyl (C=O) groups is 1. The molecule has 12 heteroatoms. The van der Waals surface area contributed by atoms with Crippen molar-refractivity contribution in [1.82, 2.24) is 14.5 Å². The van der Waals surface area contributed by atoms with Gasteiger partial charge in [-0.2, -0.15) is 13.2 Å². The summed E-state index contributed by atoms with van der Waals surface area (Å²) in [5.41, 5.74) is 1.69. The Kier molecular flexibility index (Phi) is 8.49. The average molecular weight is 630 g/mol. The Balaban J connectivity index is 1.45. The van der Waals surface area contributed by atoms with Crippen molar-refractivity contribution in [2.24, 2.45) is 5.92 Å². The molecule has 0 bridgehead atoms. The molecule has 7 nitrogen and oxygen atoms in total. The lowest BCUT2D eigenvalue weighted by molar-refractivity contribution is -0.137. The van der Waals surface area contributed by atoms with Crippen molar-refractivity contribution in [3.63, 3.8) is 0 Å². The van der Waals surface area contributed by atoms with E-state index in [0.29, 0.717) is 39.7 Å². The highest BCUT2D eigenvalue weighted by Crippen LogP contribution is 2.40. The van der Waals surface area contributed by atoms with Crippen molar-refractivity contribution in [3.05, 3.63) is 85.9 Å². The van der Waals surface area contributed by atoms with E-state index >= 15 is 0 Å². The third-order valence-corrected chi connectivity index (χ3v) is 7.93. The number of hydrogen-bond acceptors (Lipinski definition) is 7. The minimum atomic E-state index is -4.54. The molecule has 5 aromatic rings. The van der Waals surface area contributed by atoms with Crippen LogP contribution in [0.2, 0.25) is 5.02 Å². The van der Waals surface area contributed by atoms with Crippen LogP contribution in [0.3, 0.4) is 0 Å². The lowest BCUT2D eigenvalue weighted by Crippen LogP contribution is -2.26. The number of aryl methyl sites for hydroxylation is 2. The summed E-state index contributed by atoms with van der Waals surface area (Å²) in [5.74, 6) is 0.505. The number of halogens is 4. The van der Waals surface area contributed by atoms with Crippen molar-refractivity contribution in [1.29, 1.82) is 0 Å². The van der Waals surface area contributed by atoms with Gasteiger partial charge in [-0.15, -0.1) is 11.3 Å². The maximum absolute atomic E-state index is 13.1. The van der Waals surface area contributed by atoms with Gasteiger partial charge in [-0.1, -0.05) is 25.4 Å². The highest BCUT2D eigenvalue weighted by molar-refractivity contribution is 7.18. The summed E-state index contributed by atoms with van der Waals surface area (Å²) in [5, 5.41) is 2.29. The number of esters is 1. The lowest BCUT2D eigenvalue weighted by Gasteiger charge is -2.16. The van der Waals surface area contributed by atoms with Crippen LogP contribution in [0.25, 0.3) is 32.2 Å². The van der Waals surface area contributed by atoms with Gasteiger partial charge in [-0.3, -0.25) is 14.3 Å². The van der Waals surface area contributed by atoms with Crippen molar-refractivity contribution in [2.45, 2.75) is 40.4 Å². The van der Waals surface area contributed by atoms with Crippen LogP contribution in [0.4, 0.5) is 13.2 Å². The number of pyridine rings is 1. The van der Waals surface area contributed by atoms with E-state index in [1.54, 1.807) is 30.5 Å². The van der Waals surface area contributed by atoms with Crippen molar-refractivity contribution >= 4 is 50.0 Å². The minimum absolute atomic E-state index is 0.0186. The van der Waals surface area contributed by atoms with Crippen LogP contribution in [0.1, 0.15) is 41.3 Å². The van der Waals surface area contributed by atoms with Gasteiger partial charge in [0.2, 0.25) is 0 Å². The van der Waals surface area contributed by atoms with Gasteiger partial charge in [-0.25, -0.2) is 9.78 Å². The number of fused-ring (bicyclic) bond motifs is 2. The zero-order valence-electron chi connectivity index (χ0n) is 23.7. The van der Waals surface area contributed by atoms with E-state index in [-0.39, 0.29) is 35.8 Å². The smallest absolute Gasteiger partial charge is 0.416 e. The van der Waals surface area contributed by atoms with Gasteiger partial charge < -0.3 is 9.47 Å². The number of carbonyl (C=O) groups excluding carboxylic acids is 1. The summed E-state index contributed by atoms with van der Waals surface area (Å²) in [4.78, 5) is 34.8. The molecule has 0 aliphatic heterocycles. The highest BCUT2D eigenvalue weighted by Gasteiger charge is 2.31. The number of nitrogens with zero attached hydrogens (tertiary/aromatic N) is 3. The van der Waals surface area contributed by atoms with Gasteiger partial charge in [0.05, 0.1) is 45.4 Å². The molecule has 0 spiro atoms. The molecule has 224 valence electrons. The second-order valence-corrected chi connectivity index (χ2v) is 11.8. The molecule has 0 aliphatic carbocycles. The van der Waals surface area contributed by atoms with E-state index < -0.39 is 23.3 Å². The molecule has 3 aromatic heterocycles. The molecule has 0 amide bonds. The maximum atomic E-state index is 13.1. The molecule has 0 N–H and O–H groups in total. The highest BCUT2D eigenvalue weighted by atomic mass is 35.5. The van der Waals surface area contributed by atoms with Crippen molar-refractivity contribution in [2.75, 3.05) is 13.2 Å². The third kappa shape index (κ3) is 6.37. The fraction of sp³-hybridized carbons (Fsp3) is 0.290. The van der Waals surface area contributed by atoms with Gasteiger partial charge in [0.15, 0.2) is 0 Å². The Morgan fingerprint density at radius 1 is 1.07 bits per heavy atom. The van der Waals surface area contributed by atoms with E-state index in [4.69, 9.17) is 21.1 Å². The quantitative estimate of drug-likeness (QED) is 0.163. The second kappa shape index (κ2) is 12.0. The maximum Gasteiger partial charge on any atom is 0.416 e. The molecular weight excluding hydrogens is 603 g/mol. The normalized spacial score (nSPS) is 11.9. The summed E-state index contributed by atoms with van der Waals surface area (Å²) >= 11 is 7.75. The Labute approximate surface area is 253 Å². The molecule has 0 aliphatic rings. The first-order valence-electron chi connectivity index (χ1n) is 13.4. The molecule has 0 saturated carbocycles. The first-order valence-corrected chi connectivity index (χ1v) is 14.7. The van der Waals surface area contributed by atoms with Crippen LogP contribution in [0.5, 0.6) is 5.75 Å². The van der Waals surface area contributed by atoms with Crippen LogP contribution in [-0.2, 0) is 17.5 Å². The van der Waals surface area contributed by atoms with Gasteiger partial charge >= 0.3 is 12.1 Å². The van der Waals surface area contributed by atoms with Gasteiger partial charge in [0, 0.05) is 27.2 Å². The Hall–Kier alpha value is -3.96. The number of alkyl halides is 3. The van der Waals surface area contributed by atoms with E-state index in [1.165, 1.54) is 15.9 Å². The fourth-order valence-corrected chi connectivity index (χ4v) is 5.84. The van der Waals surface area contributed by atoms with Crippen LogP contribution < -0.4 is 10.3 Å². The van der Waals surface area contributed by atoms with Crippen molar-refractivity contribution in [3.8, 4) is 16.9 Å². The van der Waals surface area contributed by atoms with Crippen LogP contribution in [0.15, 0.2) is 52.6 Å².